The zero-order valence-corrected chi connectivity index (χ0v) is 14.4. The summed E-state index contributed by atoms with van der Waals surface area (Å²) in [6, 6.07) is 19.2. The maximum atomic E-state index is 4.74. The molecule has 1 heterocycles. The van der Waals surface area contributed by atoms with E-state index in [4.69, 9.17) is 4.98 Å². The number of thiazole rings is 1. The second kappa shape index (κ2) is 7.53. The van der Waals surface area contributed by atoms with Gasteiger partial charge in [0.05, 0.1) is 5.69 Å². The molecule has 0 spiro atoms. The zero-order valence-electron chi connectivity index (χ0n) is 13.6. The van der Waals surface area contributed by atoms with Crippen LogP contribution < -0.4 is 5.32 Å². The van der Waals surface area contributed by atoms with Crippen LogP contribution in [0, 0.1) is 6.92 Å². The van der Waals surface area contributed by atoms with Crippen molar-refractivity contribution in [1.82, 2.24) is 10.3 Å². The molecular weight excluding hydrogens is 300 g/mol. The standard InChI is InChI=1S/C20H22N2S/c1-15-8-10-18(11-9-15)20-22-19(14-23-20)13-21-12-16(2)17-6-4-3-5-7-17/h3-11,14,16,21H,12-13H2,1-2H3. The van der Waals surface area contributed by atoms with Gasteiger partial charge in [-0.3, -0.25) is 0 Å². The molecule has 3 aromatic rings. The van der Waals surface area contributed by atoms with Gasteiger partial charge >= 0.3 is 0 Å². The Balaban J connectivity index is 1.54. The number of nitrogens with one attached hydrogen (secondary N) is 1. The van der Waals surface area contributed by atoms with Crippen LogP contribution in [-0.4, -0.2) is 11.5 Å². The molecule has 3 rings (SSSR count). The Morgan fingerprint density at radius 2 is 1.78 bits per heavy atom. The maximum absolute atomic E-state index is 4.74. The summed E-state index contributed by atoms with van der Waals surface area (Å²) >= 11 is 1.71. The summed E-state index contributed by atoms with van der Waals surface area (Å²) in [5.41, 5.74) is 4.97. The van der Waals surface area contributed by atoms with Gasteiger partial charge in [-0.2, -0.15) is 0 Å². The molecule has 118 valence electrons. The lowest BCUT2D eigenvalue weighted by Crippen LogP contribution is -2.19. The first-order valence-electron chi connectivity index (χ1n) is 7.99. The van der Waals surface area contributed by atoms with E-state index in [1.54, 1.807) is 11.3 Å². The van der Waals surface area contributed by atoms with E-state index in [1.807, 2.05) is 0 Å². The minimum atomic E-state index is 0.506. The van der Waals surface area contributed by atoms with E-state index in [2.05, 4.69) is 79.1 Å². The van der Waals surface area contributed by atoms with Crippen molar-refractivity contribution in [2.75, 3.05) is 6.54 Å². The molecule has 1 unspecified atom stereocenters. The number of hydrogen-bond donors (Lipinski definition) is 1. The molecular formula is C20H22N2S. The fourth-order valence-corrected chi connectivity index (χ4v) is 3.36. The predicted molar refractivity (Wildman–Crippen MR) is 98.9 cm³/mol. The van der Waals surface area contributed by atoms with Gasteiger partial charge in [-0.1, -0.05) is 67.1 Å². The minimum Gasteiger partial charge on any atom is -0.311 e. The molecule has 2 aromatic carbocycles. The average molecular weight is 322 g/mol. The normalized spacial score (nSPS) is 12.3. The van der Waals surface area contributed by atoms with Crippen LogP contribution in [0.2, 0.25) is 0 Å². The van der Waals surface area contributed by atoms with Gasteiger partial charge in [0.2, 0.25) is 0 Å². The third kappa shape index (κ3) is 4.27. The van der Waals surface area contributed by atoms with E-state index in [0.717, 1.165) is 23.8 Å². The summed E-state index contributed by atoms with van der Waals surface area (Å²) in [6.07, 6.45) is 0. The van der Waals surface area contributed by atoms with Crippen molar-refractivity contribution in [3.05, 3.63) is 76.8 Å². The number of rotatable bonds is 6. The fourth-order valence-electron chi connectivity index (χ4n) is 2.53. The number of benzene rings is 2. The molecule has 1 aromatic heterocycles. The Morgan fingerprint density at radius 3 is 2.52 bits per heavy atom. The smallest absolute Gasteiger partial charge is 0.123 e. The fraction of sp³-hybridized carbons (Fsp3) is 0.250. The van der Waals surface area contributed by atoms with Crippen molar-refractivity contribution in [1.29, 1.82) is 0 Å². The van der Waals surface area contributed by atoms with E-state index in [-0.39, 0.29) is 0 Å². The molecule has 0 saturated heterocycles. The van der Waals surface area contributed by atoms with Crippen LogP contribution in [0.15, 0.2) is 60.0 Å². The van der Waals surface area contributed by atoms with Gasteiger partial charge < -0.3 is 5.32 Å². The lowest BCUT2D eigenvalue weighted by Gasteiger charge is -2.12. The monoisotopic (exact) mass is 322 g/mol. The number of nitrogens with zero attached hydrogens (tertiary/aromatic N) is 1. The predicted octanol–water partition coefficient (Wildman–Crippen LogP) is 5.01. The van der Waals surface area contributed by atoms with Crippen molar-refractivity contribution in [2.24, 2.45) is 0 Å². The summed E-state index contributed by atoms with van der Waals surface area (Å²) < 4.78 is 0. The van der Waals surface area contributed by atoms with Crippen LogP contribution in [0.1, 0.15) is 29.7 Å². The average Bonchev–Trinajstić information content (AvgIpc) is 3.05. The van der Waals surface area contributed by atoms with E-state index in [0.29, 0.717) is 5.92 Å². The molecule has 23 heavy (non-hydrogen) atoms. The molecule has 2 nitrogen and oxygen atoms in total. The minimum absolute atomic E-state index is 0.506. The van der Waals surface area contributed by atoms with Crippen molar-refractivity contribution >= 4 is 11.3 Å². The topological polar surface area (TPSA) is 24.9 Å². The number of aromatic nitrogens is 1. The molecule has 0 radical (unpaired) electrons. The lowest BCUT2D eigenvalue weighted by atomic mass is 10.0. The Kier molecular flexibility index (Phi) is 5.21. The van der Waals surface area contributed by atoms with Gasteiger partial charge in [-0.05, 0) is 18.4 Å². The Labute approximate surface area is 142 Å². The van der Waals surface area contributed by atoms with Crippen molar-refractivity contribution < 1.29 is 0 Å². The van der Waals surface area contributed by atoms with Crippen molar-refractivity contribution in [3.63, 3.8) is 0 Å². The van der Waals surface area contributed by atoms with E-state index < -0.39 is 0 Å². The quantitative estimate of drug-likeness (QED) is 0.690. The third-order valence-electron chi connectivity index (χ3n) is 3.98. The van der Waals surface area contributed by atoms with Crippen LogP contribution >= 0.6 is 11.3 Å². The molecule has 0 bridgehead atoms. The highest BCUT2D eigenvalue weighted by Gasteiger charge is 2.07. The highest BCUT2D eigenvalue weighted by atomic mass is 32.1. The SMILES string of the molecule is Cc1ccc(-c2nc(CNCC(C)c3ccccc3)cs2)cc1. The summed E-state index contributed by atoms with van der Waals surface area (Å²) in [6.45, 7) is 6.14. The molecule has 3 heteroatoms. The summed E-state index contributed by atoms with van der Waals surface area (Å²) in [5.74, 6) is 0.506. The molecule has 0 amide bonds. The molecule has 1 N–H and O–H groups in total. The summed E-state index contributed by atoms with van der Waals surface area (Å²) in [4.78, 5) is 4.74. The molecule has 0 aliphatic carbocycles. The zero-order chi connectivity index (χ0) is 16.1. The Bertz CT molecular complexity index is 732. The molecule has 1 atom stereocenters. The Morgan fingerprint density at radius 1 is 1.04 bits per heavy atom. The van der Waals surface area contributed by atoms with E-state index >= 15 is 0 Å². The van der Waals surface area contributed by atoms with E-state index in [1.165, 1.54) is 16.7 Å². The number of hydrogen-bond acceptors (Lipinski definition) is 3. The number of aryl methyl sites for hydroxylation is 1. The summed E-state index contributed by atoms with van der Waals surface area (Å²) in [7, 11) is 0. The highest BCUT2D eigenvalue weighted by Crippen LogP contribution is 2.24. The first kappa shape index (κ1) is 15.9. The summed E-state index contributed by atoms with van der Waals surface area (Å²) in [5, 5.41) is 6.76. The van der Waals surface area contributed by atoms with Gasteiger partial charge in [-0.25, -0.2) is 4.98 Å². The van der Waals surface area contributed by atoms with Gasteiger partial charge in [0.15, 0.2) is 0 Å². The van der Waals surface area contributed by atoms with Crippen molar-refractivity contribution in [2.45, 2.75) is 26.3 Å². The first-order chi connectivity index (χ1) is 11.2. The second-order valence-corrected chi connectivity index (χ2v) is 6.81. The molecule has 0 aliphatic rings. The molecule has 0 fully saturated rings. The first-order valence-corrected chi connectivity index (χ1v) is 8.87. The highest BCUT2D eigenvalue weighted by molar-refractivity contribution is 7.13. The maximum Gasteiger partial charge on any atom is 0.123 e. The van der Waals surface area contributed by atoms with Crippen LogP contribution in [-0.2, 0) is 6.54 Å². The molecule has 0 saturated carbocycles. The van der Waals surface area contributed by atoms with Crippen molar-refractivity contribution in [3.8, 4) is 10.6 Å². The van der Waals surface area contributed by atoms with Crippen LogP contribution in [0.4, 0.5) is 0 Å². The largest absolute Gasteiger partial charge is 0.311 e. The van der Waals surface area contributed by atoms with Crippen LogP contribution in [0.25, 0.3) is 10.6 Å². The van der Waals surface area contributed by atoms with Gasteiger partial charge in [-0.15, -0.1) is 11.3 Å². The van der Waals surface area contributed by atoms with Gasteiger partial charge in [0, 0.05) is 24.0 Å². The molecule has 0 aliphatic heterocycles. The van der Waals surface area contributed by atoms with Crippen LogP contribution in [0.5, 0.6) is 0 Å². The second-order valence-electron chi connectivity index (χ2n) is 5.95. The third-order valence-corrected chi connectivity index (χ3v) is 4.92. The van der Waals surface area contributed by atoms with Gasteiger partial charge in [0.25, 0.3) is 0 Å². The van der Waals surface area contributed by atoms with Gasteiger partial charge in [0.1, 0.15) is 5.01 Å². The van der Waals surface area contributed by atoms with Crippen LogP contribution in [0.3, 0.4) is 0 Å². The van der Waals surface area contributed by atoms with E-state index in [9.17, 15) is 0 Å². The lowest BCUT2D eigenvalue weighted by molar-refractivity contribution is 0.610. The Hall–Kier alpha value is -1.97.